The molecule has 0 N–H and O–H groups in total. The number of para-hydroxylation sites is 1. The maximum Gasteiger partial charge on any atom is 0.0543 e. The average molecular weight is 690 g/mol. The highest BCUT2D eigenvalue weighted by Gasteiger charge is 2.41. The maximum atomic E-state index is 2.65. The van der Waals surface area contributed by atoms with Gasteiger partial charge in [-0.3, -0.25) is 0 Å². The van der Waals surface area contributed by atoms with E-state index in [-0.39, 0.29) is 5.41 Å². The highest BCUT2D eigenvalue weighted by Crippen LogP contribution is 2.57. The molecule has 3 atom stereocenters. The van der Waals surface area contributed by atoms with Crippen LogP contribution in [0.5, 0.6) is 0 Å². The minimum atomic E-state index is -0.179. The molecule has 264 valence electrons. The van der Waals surface area contributed by atoms with E-state index in [1.807, 2.05) is 0 Å². The Bertz CT molecular complexity index is 2260. The van der Waals surface area contributed by atoms with Crippen LogP contribution in [0.4, 0.5) is 17.1 Å². The molecule has 0 heterocycles. The molecule has 1 heteroatoms. The smallest absolute Gasteiger partial charge is 0.0543 e. The lowest BCUT2D eigenvalue weighted by molar-refractivity contribution is 0.420. The SMILES string of the molecule is CC1(C)c2cc(N(c3ccc(C4CC5CCC4C5)cc3)c3ccccc3C3CCCCC3)c(-c3ccccc3)cc2-c2cccc(-c3ccccc3)c21. The third kappa shape index (κ3) is 5.58. The summed E-state index contributed by atoms with van der Waals surface area (Å²) >= 11 is 0. The summed E-state index contributed by atoms with van der Waals surface area (Å²) in [7, 11) is 0. The van der Waals surface area contributed by atoms with Gasteiger partial charge in [0.05, 0.1) is 5.69 Å². The van der Waals surface area contributed by atoms with E-state index < -0.39 is 0 Å². The Morgan fingerprint density at radius 1 is 0.528 bits per heavy atom. The first-order valence-corrected chi connectivity index (χ1v) is 20.5. The van der Waals surface area contributed by atoms with Gasteiger partial charge in [-0.2, -0.15) is 0 Å². The molecule has 2 bridgehead atoms. The number of hydrogen-bond acceptors (Lipinski definition) is 1. The normalized spacial score (nSPS) is 21.4. The van der Waals surface area contributed by atoms with Crippen LogP contribution in [0.3, 0.4) is 0 Å². The fraction of sp³-hybridized carbons (Fsp3) is 0.308. The Labute approximate surface area is 316 Å². The highest BCUT2D eigenvalue weighted by atomic mass is 15.1. The van der Waals surface area contributed by atoms with Crippen molar-refractivity contribution in [1.29, 1.82) is 0 Å². The Morgan fingerprint density at radius 3 is 1.91 bits per heavy atom. The number of hydrogen-bond donors (Lipinski definition) is 0. The molecule has 0 amide bonds. The number of rotatable bonds is 7. The fourth-order valence-electron chi connectivity index (χ4n) is 11.2. The van der Waals surface area contributed by atoms with Gasteiger partial charge in [-0.25, -0.2) is 0 Å². The van der Waals surface area contributed by atoms with Gasteiger partial charge in [-0.1, -0.05) is 149 Å². The first kappa shape index (κ1) is 32.7. The van der Waals surface area contributed by atoms with Gasteiger partial charge in [-0.05, 0) is 136 Å². The monoisotopic (exact) mass is 689 g/mol. The standard InChI is InChI=1S/C52H51N/c1-52(2)48-34-50(46(38-19-10-5-11-20-38)33-47(48)44-23-14-22-43(51(44)52)37-17-8-4-9-18-37)53(49-24-13-12-21-42(49)36-15-6-3-7-16-36)41-29-27-39(28-30-41)45-32-35-25-26-40(45)31-35/h4-5,8-14,17-24,27-30,33-36,40,45H,3,6-7,15-16,25-26,31-32H2,1-2H3. The second kappa shape index (κ2) is 13.2. The van der Waals surface area contributed by atoms with E-state index >= 15 is 0 Å². The Kier molecular flexibility index (Phi) is 8.16. The Morgan fingerprint density at radius 2 is 1.21 bits per heavy atom. The van der Waals surface area contributed by atoms with Crippen LogP contribution in [-0.4, -0.2) is 0 Å². The van der Waals surface area contributed by atoms with E-state index in [9.17, 15) is 0 Å². The quantitative estimate of drug-likeness (QED) is 0.161. The van der Waals surface area contributed by atoms with Crippen molar-refractivity contribution in [1.82, 2.24) is 0 Å². The summed E-state index contributed by atoms with van der Waals surface area (Å²) in [5.41, 5.74) is 17.5. The summed E-state index contributed by atoms with van der Waals surface area (Å²) in [6, 6.07) is 53.4. The zero-order chi connectivity index (χ0) is 35.5. The van der Waals surface area contributed by atoms with Crippen LogP contribution in [0, 0.1) is 11.8 Å². The van der Waals surface area contributed by atoms with E-state index in [2.05, 4.69) is 158 Å². The molecule has 0 radical (unpaired) electrons. The summed E-state index contributed by atoms with van der Waals surface area (Å²) in [5.74, 6) is 3.13. The molecular formula is C52H51N. The van der Waals surface area contributed by atoms with Crippen LogP contribution < -0.4 is 4.90 Å². The van der Waals surface area contributed by atoms with E-state index in [4.69, 9.17) is 0 Å². The van der Waals surface area contributed by atoms with Crippen LogP contribution in [-0.2, 0) is 5.41 Å². The molecule has 10 rings (SSSR count). The maximum absolute atomic E-state index is 2.65. The van der Waals surface area contributed by atoms with Crippen molar-refractivity contribution < 1.29 is 0 Å². The van der Waals surface area contributed by atoms with Crippen molar-refractivity contribution in [3.8, 4) is 33.4 Å². The van der Waals surface area contributed by atoms with Gasteiger partial charge < -0.3 is 4.90 Å². The van der Waals surface area contributed by atoms with Gasteiger partial charge in [0.25, 0.3) is 0 Å². The topological polar surface area (TPSA) is 3.24 Å². The molecule has 53 heavy (non-hydrogen) atoms. The molecule has 4 aliphatic carbocycles. The van der Waals surface area contributed by atoms with E-state index in [1.165, 1.54) is 125 Å². The summed E-state index contributed by atoms with van der Waals surface area (Å²) in [4.78, 5) is 2.65. The van der Waals surface area contributed by atoms with Gasteiger partial charge in [0.15, 0.2) is 0 Å². The number of nitrogens with zero attached hydrogens (tertiary/aromatic N) is 1. The minimum absolute atomic E-state index is 0.179. The Balaban J connectivity index is 1.19. The van der Waals surface area contributed by atoms with Gasteiger partial charge in [0, 0.05) is 22.4 Å². The van der Waals surface area contributed by atoms with E-state index in [0.29, 0.717) is 5.92 Å². The van der Waals surface area contributed by atoms with Crippen molar-refractivity contribution in [3.05, 3.63) is 162 Å². The first-order chi connectivity index (χ1) is 26.0. The van der Waals surface area contributed by atoms with Crippen molar-refractivity contribution in [2.45, 2.75) is 88.9 Å². The first-order valence-electron chi connectivity index (χ1n) is 20.5. The molecule has 3 unspecified atom stereocenters. The van der Waals surface area contributed by atoms with Gasteiger partial charge >= 0.3 is 0 Å². The van der Waals surface area contributed by atoms with Crippen LogP contribution in [0.25, 0.3) is 33.4 Å². The lowest BCUT2D eigenvalue weighted by atomic mass is 9.78. The summed E-state index contributed by atoms with van der Waals surface area (Å²) in [5, 5.41) is 0. The molecule has 3 saturated carbocycles. The fourth-order valence-corrected chi connectivity index (χ4v) is 11.2. The van der Waals surface area contributed by atoms with E-state index in [1.54, 1.807) is 5.56 Å². The number of benzene rings is 6. The molecule has 4 aliphatic rings. The van der Waals surface area contributed by atoms with Crippen molar-refractivity contribution >= 4 is 17.1 Å². The Hall–Kier alpha value is -4.88. The second-order valence-corrected chi connectivity index (χ2v) is 17.1. The molecule has 1 nitrogen and oxygen atoms in total. The molecule has 3 fully saturated rings. The predicted octanol–water partition coefficient (Wildman–Crippen LogP) is 14.7. The van der Waals surface area contributed by atoms with Crippen LogP contribution in [0.1, 0.15) is 106 Å². The summed E-state index contributed by atoms with van der Waals surface area (Å²) in [6.45, 7) is 4.89. The lowest BCUT2D eigenvalue weighted by Gasteiger charge is -2.34. The largest absolute Gasteiger partial charge is 0.310 e. The van der Waals surface area contributed by atoms with Gasteiger partial charge in [0.1, 0.15) is 0 Å². The molecule has 0 aliphatic heterocycles. The molecule has 0 saturated heterocycles. The minimum Gasteiger partial charge on any atom is -0.310 e. The lowest BCUT2D eigenvalue weighted by Crippen LogP contribution is -2.19. The van der Waals surface area contributed by atoms with Crippen LogP contribution >= 0.6 is 0 Å². The third-order valence-electron chi connectivity index (χ3n) is 13.7. The molecule has 6 aromatic rings. The zero-order valence-electron chi connectivity index (χ0n) is 31.4. The predicted molar refractivity (Wildman–Crippen MR) is 224 cm³/mol. The zero-order valence-corrected chi connectivity index (χ0v) is 31.4. The van der Waals surface area contributed by atoms with Crippen LogP contribution in [0.15, 0.2) is 140 Å². The van der Waals surface area contributed by atoms with E-state index in [0.717, 1.165) is 17.8 Å². The second-order valence-electron chi connectivity index (χ2n) is 17.1. The summed E-state index contributed by atoms with van der Waals surface area (Å²) < 4.78 is 0. The number of fused-ring (bicyclic) bond motifs is 5. The van der Waals surface area contributed by atoms with Crippen molar-refractivity contribution in [2.75, 3.05) is 4.90 Å². The molecule has 0 spiro atoms. The molecule has 6 aromatic carbocycles. The van der Waals surface area contributed by atoms with Gasteiger partial charge in [0.2, 0.25) is 0 Å². The van der Waals surface area contributed by atoms with Gasteiger partial charge in [-0.15, -0.1) is 0 Å². The summed E-state index contributed by atoms with van der Waals surface area (Å²) in [6.07, 6.45) is 12.2. The van der Waals surface area contributed by atoms with Crippen molar-refractivity contribution in [3.63, 3.8) is 0 Å². The molecule has 0 aromatic heterocycles. The van der Waals surface area contributed by atoms with Crippen molar-refractivity contribution in [2.24, 2.45) is 11.8 Å². The molecular weight excluding hydrogens is 639 g/mol. The van der Waals surface area contributed by atoms with Crippen LogP contribution in [0.2, 0.25) is 0 Å². The average Bonchev–Trinajstić information content (AvgIpc) is 3.92. The third-order valence-corrected chi connectivity index (χ3v) is 13.7. The number of anilines is 3. The highest BCUT2D eigenvalue weighted by molar-refractivity contribution is 5.97.